The highest BCUT2D eigenvalue weighted by Crippen LogP contribution is 2.16. The number of nitrogens with one attached hydrogen (secondary N) is 3. The van der Waals surface area contributed by atoms with Gasteiger partial charge in [-0.15, -0.1) is 0 Å². The van der Waals surface area contributed by atoms with Gasteiger partial charge in [0.05, 0.1) is 7.11 Å². The van der Waals surface area contributed by atoms with Crippen LogP contribution < -0.4 is 20.7 Å². The van der Waals surface area contributed by atoms with Crippen molar-refractivity contribution in [1.82, 2.24) is 10.6 Å². The van der Waals surface area contributed by atoms with Gasteiger partial charge in [0, 0.05) is 12.7 Å². The second-order valence-corrected chi connectivity index (χ2v) is 4.78. The van der Waals surface area contributed by atoms with Gasteiger partial charge >= 0.3 is 6.03 Å². The molecule has 2 aromatic carbocycles. The van der Waals surface area contributed by atoms with Gasteiger partial charge in [0.15, 0.2) is 0 Å². The largest absolute Gasteiger partial charge is 0.497 e. The smallest absolute Gasteiger partial charge is 0.320 e. The number of amides is 3. The minimum atomic E-state index is -0.764. The Hall–Kier alpha value is -3.02. The van der Waals surface area contributed by atoms with Gasteiger partial charge in [0.1, 0.15) is 11.8 Å². The second kappa shape index (κ2) is 7.84. The molecule has 3 amide bonds. The van der Waals surface area contributed by atoms with Gasteiger partial charge in [-0.3, -0.25) is 4.79 Å². The summed E-state index contributed by atoms with van der Waals surface area (Å²) in [5, 5.41) is 7.90. The van der Waals surface area contributed by atoms with E-state index in [1.165, 1.54) is 7.05 Å². The third-order valence-electron chi connectivity index (χ3n) is 3.26. The lowest BCUT2D eigenvalue weighted by molar-refractivity contribution is -0.122. The minimum absolute atomic E-state index is 0.291. The number of benzene rings is 2. The van der Waals surface area contributed by atoms with Crippen LogP contribution in [0.15, 0.2) is 54.6 Å². The molecule has 0 aliphatic carbocycles. The van der Waals surface area contributed by atoms with Crippen molar-refractivity contribution in [3.63, 3.8) is 0 Å². The lowest BCUT2D eigenvalue weighted by atomic mass is 10.1. The molecule has 6 heteroatoms. The normalized spacial score (nSPS) is 11.2. The summed E-state index contributed by atoms with van der Waals surface area (Å²) in [6, 6.07) is 14.7. The highest BCUT2D eigenvalue weighted by Gasteiger charge is 2.21. The number of likely N-dealkylation sites (N-methyl/N-ethyl adjacent to an activating group) is 1. The average Bonchev–Trinajstić information content (AvgIpc) is 2.60. The molecule has 0 bridgehead atoms. The van der Waals surface area contributed by atoms with E-state index in [0.29, 0.717) is 17.0 Å². The number of hydrogen-bond donors (Lipinski definition) is 3. The summed E-state index contributed by atoms with van der Waals surface area (Å²) in [5.41, 5.74) is 1.31. The zero-order valence-electron chi connectivity index (χ0n) is 13.0. The van der Waals surface area contributed by atoms with Crippen molar-refractivity contribution in [3.8, 4) is 5.75 Å². The molecule has 0 aromatic heterocycles. The molecule has 120 valence electrons. The lowest BCUT2D eigenvalue weighted by Crippen LogP contribution is -2.41. The molecular weight excluding hydrogens is 294 g/mol. The monoisotopic (exact) mass is 313 g/mol. The van der Waals surface area contributed by atoms with Crippen molar-refractivity contribution in [3.05, 3.63) is 60.2 Å². The molecule has 0 spiro atoms. The molecular formula is C17H19N3O3. The summed E-state index contributed by atoms with van der Waals surface area (Å²) in [6.07, 6.45) is 0. The fraction of sp³-hybridized carbons (Fsp3) is 0.176. The van der Waals surface area contributed by atoms with E-state index < -0.39 is 12.1 Å². The van der Waals surface area contributed by atoms with Gasteiger partial charge in [-0.1, -0.05) is 30.3 Å². The van der Waals surface area contributed by atoms with E-state index >= 15 is 0 Å². The minimum Gasteiger partial charge on any atom is -0.497 e. The molecule has 0 aliphatic heterocycles. The molecule has 2 aromatic rings. The van der Waals surface area contributed by atoms with Gasteiger partial charge in [-0.25, -0.2) is 4.79 Å². The Morgan fingerprint density at radius 1 is 1.00 bits per heavy atom. The first kappa shape index (κ1) is 16.4. The van der Waals surface area contributed by atoms with Crippen LogP contribution in [0.5, 0.6) is 5.75 Å². The van der Waals surface area contributed by atoms with Gasteiger partial charge < -0.3 is 20.7 Å². The van der Waals surface area contributed by atoms with E-state index in [9.17, 15) is 9.59 Å². The summed E-state index contributed by atoms with van der Waals surface area (Å²) in [7, 11) is 3.10. The van der Waals surface area contributed by atoms with Crippen LogP contribution in [0.4, 0.5) is 10.5 Å². The summed E-state index contributed by atoms with van der Waals surface area (Å²) in [5.74, 6) is 0.407. The summed E-state index contributed by atoms with van der Waals surface area (Å²) >= 11 is 0. The highest BCUT2D eigenvalue weighted by molar-refractivity contribution is 5.94. The van der Waals surface area contributed by atoms with Crippen molar-refractivity contribution < 1.29 is 14.3 Å². The SMILES string of the molecule is CNC(=O)C(NC(=O)Nc1ccc(OC)cc1)c1ccccc1. The number of ether oxygens (including phenoxy) is 1. The Kier molecular flexibility index (Phi) is 5.57. The van der Waals surface area contributed by atoms with Crippen molar-refractivity contribution in [1.29, 1.82) is 0 Å². The molecule has 2 rings (SSSR count). The van der Waals surface area contributed by atoms with Crippen molar-refractivity contribution >= 4 is 17.6 Å². The second-order valence-electron chi connectivity index (χ2n) is 4.78. The van der Waals surface area contributed by atoms with Crippen LogP contribution in [0.25, 0.3) is 0 Å². The van der Waals surface area contributed by atoms with Crippen LogP contribution >= 0.6 is 0 Å². The molecule has 0 saturated carbocycles. The third kappa shape index (κ3) is 4.47. The Morgan fingerprint density at radius 2 is 1.65 bits per heavy atom. The van der Waals surface area contributed by atoms with E-state index in [1.54, 1.807) is 43.5 Å². The Morgan fingerprint density at radius 3 is 2.22 bits per heavy atom. The summed E-state index contributed by atoms with van der Waals surface area (Å²) in [6.45, 7) is 0. The van der Waals surface area contributed by atoms with E-state index in [0.717, 1.165) is 0 Å². The number of hydrogen-bond acceptors (Lipinski definition) is 3. The Balaban J connectivity index is 2.06. The zero-order chi connectivity index (χ0) is 16.7. The van der Waals surface area contributed by atoms with E-state index in [4.69, 9.17) is 4.74 Å². The first-order valence-electron chi connectivity index (χ1n) is 7.12. The topological polar surface area (TPSA) is 79.5 Å². The lowest BCUT2D eigenvalue weighted by Gasteiger charge is -2.18. The quantitative estimate of drug-likeness (QED) is 0.792. The molecule has 0 radical (unpaired) electrons. The molecule has 0 heterocycles. The van der Waals surface area contributed by atoms with E-state index in [-0.39, 0.29) is 5.91 Å². The van der Waals surface area contributed by atoms with E-state index in [2.05, 4.69) is 16.0 Å². The van der Waals surface area contributed by atoms with Gasteiger partial charge in [0.25, 0.3) is 0 Å². The maximum atomic E-state index is 12.1. The van der Waals surface area contributed by atoms with Gasteiger partial charge in [0.2, 0.25) is 5.91 Å². The standard InChI is InChI=1S/C17H19N3O3/c1-18-16(21)15(12-6-4-3-5-7-12)20-17(22)19-13-8-10-14(23-2)11-9-13/h3-11,15H,1-2H3,(H,18,21)(H2,19,20,22). The van der Waals surface area contributed by atoms with Crippen LogP contribution in [-0.2, 0) is 4.79 Å². The molecule has 6 nitrogen and oxygen atoms in total. The molecule has 1 unspecified atom stereocenters. The van der Waals surface area contributed by atoms with Crippen LogP contribution in [0.1, 0.15) is 11.6 Å². The number of carbonyl (C=O) groups is 2. The molecule has 0 aliphatic rings. The number of urea groups is 1. The predicted molar refractivity (Wildman–Crippen MR) is 88.4 cm³/mol. The maximum absolute atomic E-state index is 12.1. The number of carbonyl (C=O) groups excluding carboxylic acids is 2. The van der Waals surface area contributed by atoms with Gasteiger partial charge in [-0.2, -0.15) is 0 Å². The fourth-order valence-corrected chi connectivity index (χ4v) is 2.06. The summed E-state index contributed by atoms with van der Waals surface area (Å²) < 4.78 is 5.06. The number of methoxy groups -OCH3 is 1. The molecule has 0 fully saturated rings. The predicted octanol–water partition coefficient (Wildman–Crippen LogP) is 2.30. The fourth-order valence-electron chi connectivity index (χ4n) is 2.06. The van der Waals surface area contributed by atoms with Crippen molar-refractivity contribution in [2.75, 3.05) is 19.5 Å². The molecule has 23 heavy (non-hydrogen) atoms. The Labute approximate surface area is 134 Å². The van der Waals surface area contributed by atoms with Crippen molar-refractivity contribution in [2.45, 2.75) is 6.04 Å². The number of anilines is 1. The average molecular weight is 313 g/mol. The zero-order valence-corrected chi connectivity index (χ0v) is 13.0. The van der Waals surface area contributed by atoms with Gasteiger partial charge in [-0.05, 0) is 29.8 Å². The van der Waals surface area contributed by atoms with Crippen LogP contribution in [0.2, 0.25) is 0 Å². The first-order chi connectivity index (χ1) is 11.1. The van der Waals surface area contributed by atoms with Crippen LogP contribution in [0, 0.1) is 0 Å². The molecule has 0 saturated heterocycles. The summed E-state index contributed by atoms with van der Waals surface area (Å²) in [4.78, 5) is 24.2. The third-order valence-corrected chi connectivity index (χ3v) is 3.26. The molecule has 3 N–H and O–H groups in total. The highest BCUT2D eigenvalue weighted by atomic mass is 16.5. The first-order valence-corrected chi connectivity index (χ1v) is 7.12. The molecule has 1 atom stereocenters. The van der Waals surface area contributed by atoms with Crippen LogP contribution in [-0.4, -0.2) is 26.1 Å². The van der Waals surface area contributed by atoms with Crippen LogP contribution in [0.3, 0.4) is 0 Å². The Bertz CT molecular complexity index is 657. The van der Waals surface area contributed by atoms with Crippen molar-refractivity contribution in [2.24, 2.45) is 0 Å². The maximum Gasteiger partial charge on any atom is 0.320 e. The number of rotatable bonds is 5. The van der Waals surface area contributed by atoms with E-state index in [1.807, 2.05) is 18.2 Å².